The summed E-state index contributed by atoms with van der Waals surface area (Å²) in [6.07, 6.45) is -4.50. The lowest BCUT2D eigenvalue weighted by molar-refractivity contribution is -0.149. The van der Waals surface area contributed by atoms with Crippen LogP contribution in [-0.4, -0.2) is 42.2 Å². The molecule has 1 saturated heterocycles. The number of amides is 1. The zero-order chi connectivity index (χ0) is 13.9. The van der Waals surface area contributed by atoms with Gasteiger partial charge in [-0.1, -0.05) is 0 Å². The van der Waals surface area contributed by atoms with Crippen LogP contribution in [-0.2, 0) is 4.79 Å². The van der Waals surface area contributed by atoms with Crippen LogP contribution < -0.4 is 5.32 Å². The minimum atomic E-state index is -4.13. The third-order valence-corrected chi connectivity index (χ3v) is 3.22. The Labute approximate surface area is 106 Å². The average Bonchev–Trinajstić information content (AvgIpc) is 2.12. The second-order valence-corrected chi connectivity index (χ2v) is 5.37. The molecule has 0 aromatic carbocycles. The number of carbonyl (C=O) groups excluding carboxylic acids is 1. The van der Waals surface area contributed by atoms with Gasteiger partial charge in [0.05, 0.1) is 0 Å². The van der Waals surface area contributed by atoms with Gasteiger partial charge >= 0.3 is 6.18 Å². The van der Waals surface area contributed by atoms with Gasteiger partial charge in [0.1, 0.15) is 0 Å². The largest absolute Gasteiger partial charge is 0.389 e. The van der Waals surface area contributed by atoms with Gasteiger partial charge in [0.25, 0.3) is 0 Å². The molecular weight excluding hydrogens is 245 g/mol. The quantitative estimate of drug-likeness (QED) is 0.849. The van der Waals surface area contributed by atoms with E-state index in [1.165, 1.54) is 6.92 Å². The maximum Gasteiger partial charge on any atom is 0.389 e. The SMILES string of the molecule is CC(=O)NC1CC(CC(F)(F)F)CN(C(C)C)C1. The van der Waals surface area contributed by atoms with Gasteiger partial charge in [-0.15, -0.1) is 0 Å². The van der Waals surface area contributed by atoms with Gasteiger partial charge in [-0.2, -0.15) is 13.2 Å². The molecule has 0 radical (unpaired) electrons. The maximum absolute atomic E-state index is 12.5. The molecule has 106 valence electrons. The van der Waals surface area contributed by atoms with Crippen molar-refractivity contribution in [1.29, 1.82) is 0 Å². The lowest BCUT2D eigenvalue weighted by Crippen LogP contribution is -2.52. The summed E-state index contributed by atoms with van der Waals surface area (Å²) >= 11 is 0. The zero-order valence-corrected chi connectivity index (χ0v) is 11.0. The molecule has 0 bridgehead atoms. The van der Waals surface area contributed by atoms with Crippen LogP contribution in [0.3, 0.4) is 0 Å². The van der Waals surface area contributed by atoms with E-state index in [1.807, 2.05) is 18.7 Å². The van der Waals surface area contributed by atoms with Crippen LogP contribution in [0.15, 0.2) is 0 Å². The summed E-state index contributed by atoms with van der Waals surface area (Å²) in [5.41, 5.74) is 0. The van der Waals surface area contributed by atoms with Crippen molar-refractivity contribution >= 4 is 5.91 Å². The van der Waals surface area contributed by atoms with Gasteiger partial charge in [0.2, 0.25) is 5.91 Å². The van der Waals surface area contributed by atoms with Crippen LogP contribution in [0.5, 0.6) is 0 Å². The van der Waals surface area contributed by atoms with Crippen molar-refractivity contribution in [3.63, 3.8) is 0 Å². The van der Waals surface area contributed by atoms with Gasteiger partial charge in [-0.05, 0) is 26.2 Å². The van der Waals surface area contributed by atoms with Crippen LogP contribution in [0.25, 0.3) is 0 Å². The van der Waals surface area contributed by atoms with E-state index >= 15 is 0 Å². The minimum Gasteiger partial charge on any atom is -0.352 e. The Kier molecular flexibility index (Phi) is 5.01. The summed E-state index contributed by atoms with van der Waals surface area (Å²) in [5, 5.41) is 2.73. The van der Waals surface area contributed by atoms with Crippen LogP contribution in [0, 0.1) is 5.92 Å². The molecule has 1 aliphatic rings. The molecule has 3 nitrogen and oxygen atoms in total. The first-order chi connectivity index (χ1) is 8.17. The molecule has 1 heterocycles. The lowest BCUT2D eigenvalue weighted by atomic mass is 9.90. The highest BCUT2D eigenvalue weighted by molar-refractivity contribution is 5.73. The molecule has 0 saturated carbocycles. The van der Waals surface area contributed by atoms with E-state index in [-0.39, 0.29) is 18.0 Å². The van der Waals surface area contributed by atoms with Gasteiger partial charge in [0, 0.05) is 38.5 Å². The molecular formula is C12H21F3N2O. The molecule has 0 aromatic rings. The Morgan fingerprint density at radius 2 is 2.00 bits per heavy atom. The van der Waals surface area contributed by atoms with E-state index in [4.69, 9.17) is 0 Å². The molecule has 1 N–H and O–H groups in total. The highest BCUT2D eigenvalue weighted by Crippen LogP contribution is 2.30. The molecule has 1 amide bonds. The third kappa shape index (κ3) is 5.25. The number of alkyl halides is 3. The van der Waals surface area contributed by atoms with Crippen molar-refractivity contribution < 1.29 is 18.0 Å². The Morgan fingerprint density at radius 1 is 1.39 bits per heavy atom. The summed E-state index contributed by atoms with van der Waals surface area (Å²) in [5.74, 6) is -0.616. The van der Waals surface area contributed by atoms with E-state index < -0.39 is 18.5 Å². The molecule has 1 aliphatic heterocycles. The summed E-state index contributed by atoms with van der Waals surface area (Å²) < 4.78 is 37.4. The third-order valence-electron chi connectivity index (χ3n) is 3.22. The lowest BCUT2D eigenvalue weighted by Gasteiger charge is -2.40. The van der Waals surface area contributed by atoms with E-state index in [9.17, 15) is 18.0 Å². The first-order valence-electron chi connectivity index (χ1n) is 6.25. The fourth-order valence-corrected chi connectivity index (χ4v) is 2.53. The zero-order valence-electron chi connectivity index (χ0n) is 11.0. The predicted molar refractivity (Wildman–Crippen MR) is 63.1 cm³/mol. The number of nitrogens with one attached hydrogen (secondary N) is 1. The molecule has 1 rings (SSSR count). The molecule has 2 atom stereocenters. The van der Waals surface area contributed by atoms with Crippen molar-refractivity contribution in [2.75, 3.05) is 13.1 Å². The van der Waals surface area contributed by atoms with Crippen LogP contribution in [0.4, 0.5) is 13.2 Å². The van der Waals surface area contributed by atoms with Crippen molar-refractivity contribution in [2.45, 2.75) is 51.9 Å². The fraction of sp³-hybridized carbons (Fsp3) is 0.917. The average molecular weight is 266 g/mol. The fourth-order valence-electron chi connectivity index (χ4n) is 2.53. The normalized spacial score (nSPS) is 26.4. The van der Waals surface area contributed by atoms with Crippen molar-refractivity contribution in [2.24, 2.45) is 5.92 Å². The summed E-state index contributed by atoms with van der Waals surface area (Å²) in [4.78, 5) is 13.0. The first-order valence-corrected chi connectivity index (χ1v) is 6.25. The Bertz CT molecular complexity index is 292. The first kappa shape index (κ1) is 15.3. The molecule has 1 fully saturated rings. The van der Waals surface area contributed by atoms with Gasteiger partial charge in [-0.25, -0.2) is 0 Å². The van der Waals surface area contributed by atoms with Crippen molar-refractivity contribution in [3.05, 3.63) is 0 Å². The van der Waals surface area contributed by atoms with Crippen molar-refractivity contribution in [1.82, 2.24) is 10.2 Å². The van der Waals surface area contributed by atoms with E-state index in [1.54, 1.807) is 0 Å². The second-order valence-electron chi connectivity index (χ2n) is 5.37. The van der Waals surface area contributed by atoms with Gasteiger partial charge in [-0.3, -0.25) is 9.69 Å². The standard InChI is InChI=1S/C12H21F3N2O/c1-8(2)17-6-10(5-12(13,14)15)4-11(7-17)16-9(3)18/h8,10-11H,4-7H2,1-3H3,(H,16,18). The molecule has 0 spiro atoms. The number of carbonyl (C=O) groups is 1. The molecule has 0 aromatic heterocycles. The number of hydrogen-bond donors (Lipinski definition) is 1. The highest BCUT2D eigenvalue weighted by Gasteiger charge is 2.37. The van der Waals surface area contributed by atoms with E-state index in [0.717, 1.165) is 0 Å². The molecule has 2 unspecified atom stereocenters. The second kappa shape index (κ2) is 5.91. The van der Waals surface area contributed by atoms with E-state index in [2.05, 4.69) is 5.32 Å². The monoisotopic (exact) mass is 266 g/mol. The Balaban J connectivity index is 2.65. The number of halogens is 3. The summed E-state index contributed by atoms with van der Waals surface area (Å²) in [6, 6.07) is 0.0169. The summed E-state index contributed by atoms with van der Waals surface area (Å²) in [6.45, 7) is 6.40. The minimum absolute atomic E-state index is 0.175. The Hall–Kier alpha value is -0.780. The van der Waals surface area contributed by atoms with Crippen LogP contribution in [0.2, 0.25) is 0 Å². The summed E-state index contributed by atoms with van der Waals surface area (Å²) in [7, 11) is 0. The maximum atomic E-state index is 12.5. The Morgan fingerprint density at radius 3 is 2.44 bits per heavy atom. The number of piperidine rings is 1. The number of rotatable bonds is 3. The van der Waals surface area contributed by atoms with Gasteiger partial charge < -0.3 is 5.32 Å². The molecule has 18 heavy (non-hydrogen) atoms. The highest BCUT2D eigenvalue weighted by atomic mass is 19.4. The van der Waals surface area contributed by atoms with Crippen molar-refractivity contribution in [3.8, 4) is 0 Å². The molecule has 0 aliphatic carbocycles. The topological polar surface area (TPSA) is 32.3 Å². The van der Waals surface area contributed by atoms with Gasteiger partial charge in [0.15, 0.2) is 0 Å². The molecule has 6 heteroatoms. The van der Waals surface area contributed by atoms with Crippen LogP contribution in [0.1, 0.15) is 33.6 Å². The number of likely N-dealkylation sites (tertiary alicyclic amines) is 1. The van der Waals surface area contributed by atoms with Crippen LogP contribution >= 0.6 is 0 Å². The van der Waals surface area contributed by atoms with E-state index in [0.29, 0.717) is 19.5 Å². The predicted octanol–water partition coefficient (Wildman–Crippen LogP) is 2.17. The number of hydrogen-bond acceptors (Lipinski definition) is 2. The smallest absolute Gasteiger partial charge is 0.352 e. The number of nitrogens with zero attached hydrogens (tertiary/aromatic N) is 1.